The predicted octanol–water partition coefficient (Wildman–Crippen LogP) is 3.78. The second kappa shape index (κ2) is 9.53. The van der Waals surface area contributed by atoms with Crippen molar-refractivity contribution < 1.29 is 17.9 Å². The van der Waals surface area contributed by atoms with E-state index in [4.69, 9.17) is 10.5 Å². The highest BCUT2D eigenvalue weighted by atomic mass is 32.2. The van der Waals surface area contributed by atoms with Gasteiger partial charge in [-0.3, -0.25) is 4.79 Å². The molecule has 1 atom stereocenters. The molecule has 2 aliphatic rings. The van der Waals surface area contributed by atoms with E-state index in [0.717, 1.165) is 51.3 Å². The molecule has 3 N–H and O–H groups in total. The average molecular weight is 511 g/mol. The van der Waals surface area contributed by atoms with Gasteiger partial charge in [-0.2, -0.15) is 12.7 Å². The smallest absolute Gasteiger partial charge is 0.303 e. The van der Waals surface area contributed by atoms with Crippen LogP contribution in [-0.4, -0.2) is 50.4 Å². The fraction of sp³-hybridized carbons (Fsp3) is 0.444. The van der Waals surface area contributed by atoms with Gasteiger partial charge >= 0.3 is 10.2 Å². The summed E-state index contributed by atoms with van der Waals surface area (Å²) in [5.41, 5.74) is 12.6. The van der Waals surface area contributed by atoms with Crippen molar-refractivity contribution >= 4 is 27.0 Å². The van der Waals surface area contributed by atoms with Gasteiger partial charge in [-0.15, -0.1) is 0 Å². The minimum absolute atomic E-state index is 0.112. The zero-order chi connectivity index (χ0) is 25.6. The van der Waals surface area contributed by atoms with Gasteiger partial charge in [0.2, 0.25) is 0 Å². The van der Waals surface area contributed by atoms with Crippen LogP contribution >= 0.6 is 0 Å². The first kappa shape index (κ1) is 24.8. The molecular formula is C27H34N4O4S. The van der Waals surface area contributed by atoms with Crippen molar-refractivity contribution in [1.29, 1.82) is 0 Å². The minimum atomic E-state index is -3.89. The van der Waals surface area contributed by atoms with Crippen LogP contribution in [0.25, 0.3) is 22.2 Å². The van der Waals surface area contributed by atoms with Gasteiger partial charge in [-0.05, 0) is 66.6 Å². The Hall–Kier alpha value is -2.88. The normalized spacial score (nSPS) is 18.5. The summed E-state index contributed by atoms with van der Waals surface area (Å²) in [5.74, 6) is 0.588. The molecule has 2 heterocycles. The van der Waals surface area contributed by atoms with Gasteiger partial charge in [0.05, 0.1) is 12.8 Å². The number of rotatable bonds is 5. The molecule has 1 aromatic heterocycles. The van der Waals surface area contributed by atoms with E-state index in [1.165, 1.54) is 44.6 Å². The number of amides is 1. The molecule has 9 heteroatoms. The molecule has 0 saturated heterocycles. The first-order valence-electron chi connectivity index (χ1n) is 12.5. The van der Waals surface area contributed by atoms with Crippen LogP contribution in [0.3, 0.4) is 0 Å². The van der Waals surface area contributed by atoms with Crippen LogP contribution in [0.15, 0.2) is 36.4 Å². The van der Waals surface area contributed by atoms with Gasteiger partial charge in [0, 0.05) is 48.7 Å². The molecule has 0 radical (unpaired) electrons. The van der Waals surface area contributed by atoms with Crippen LogP contribution in [0.2, 0.25) is 0 Å². The lowest BCUT2D eigenvalue weighted by molar-refractivity contribution is 0.0980. The average Bonchev–Trinajstić information content (AvgIpc) is 3.08. The summed E-state index contributed by atoms with van der Waals surface area (Å²) in [7, 11) is 0.548. The van der Waals surface area contributed by atoms with Gasteiger partial charge in [0.15, 0.2) is 0 Å². The second-order valence-corrected chi connectivity index (χ2v) is 12.0. The van der Waals surface area contributed by atoms with Crippen LogP contribution < -0.4 is 15.2 Å². The minimum Gasteiger partial charge on any atom is -0.497 e. The molecule has 1 aliphatic carbocycles. The van der Waals surface area contributed by atoms with E-state index in [1.54, 1.807) is 13.2 Å². The molecule has 2 aromatic carbocycles. The molecule has 1 aliphatic heterocycles. The molecule has 0 bridgehead atoms. The first-order chi connectivity index (χ1) is 17.2. The molecule has 5 rings (SSSR count). The summed E-state index contributed by atoms with van der Waals surface area (Å²) in [6, 6.07) is 11.6. The molecule has 36 heavy (non-hydrogen) atoms. The number of fused-ring (bicyclic) bond motifs is 5. The number of benzene rings is 2. The monoisotopic (exact) mass is 510 g/mol. The Balaban J connectivity index is 1.72. The highest BCUT2D eigenvalue weighted by molar-refractivity contribution is 7.87. The van der Waals surface area contributed by atoms with E-state index in [0.29, 0.717) is 18.0 Å². The van der Waals surface area contributed by atoms with Crippen molar-refractivity contribution in [2.24, 2.45) is 5.73 Å². The van der Waals surface area contributed by atoms with Crippen molar-refractivity contribution in [2.75, 3.05) is 21.2 Å². The molecule has 1 saturated carbocycles. The Morgan fingerprint density at radius 1 is 1.11 bits per heavy atom. The highest BCUT2D eigenvalue weighted by Crippen LogP contribution is 2.46. The third kappa shape index (κ3) is 4.40. The lowest BCUT2D eigenvalue weighted by Gasteiger charge is -2.24. The van der Waals surface area contributed by atoms with E-state index in [-0.39, 0.29) is 6.04 Å². The first-order valence-corrected chi connectivity index (χ1v) is 14.0. The van der Waals surface area contributed by atoms with Crippen molar-refractivity contribution in [2.45, 2.75) is 57.0 Å². The molecule has 1 amide bonds. The lowest BCUT2D eigenvalue weighted by Crippen LogP contribution is -2.39. The molecule has 1 unspecified atom stereocenters. The number of hydrogen-bond donors (Lipinski definition) is 2. The number of carbonyl (C=O) groups excluding carboxylic acids is 1. The number of nitrogens with zero attached hydrogens (tertiary/aromatic N) is 2. The SMILES string of the molecule is COc1ccc2c(c1)CC(N)Cn1c-2c(C2CCCCC2)c2ccc(C(=O)NS(=O)(=O)N(C)C)cc21. The number of nitrogens with two attached hydrogens (primary N) is 1. The van der Waals surface area contributed by atoms with E-state index < -0.39 is 16.1 Å². The number of aromatic nitrogens is 1. The number of ether oxygens (including phenoxy) is 1. The van der Waals surface area contributed by atoms with E-state index >= 15 is 0 Å². The van der Waals surface area contributed by atoms with Crippen LogP contribution in [0.4, 0.5) is 0 Å². The zero-order valence-electron chi connectivity index (χ0n) is 21.1. The summed E-state index contributed by atoms with van der Waals surface area (Å²) in [6.07, 6.45) is 6.65. The topological polar surface area (TPSA) is 107 Å². The summed E-state index contributed by atoms with van der Waals surface area (Å²) >= 11 is 0. The Labute approximate surface area is 212 Å². The van der Waals surface area contributed by atoms with Gasteiger partial charge in [-0.25, -0.2) is 4.72 Å². The molecule has 8 nitrogen and oxygen atoms in total. The molecule has 3 aromatic rings. The van der Waals surface area contributed by atoms with E-state index in [1.807, 2.05) is 18.2 Å². The van der Waals surface area contributed by atoms with Crippen LogP contribution in [0.5, 0.6) is 5.75 Å². The maximum absolute atomic E-state index is 12.9. The number of hydrogen-bond acceptors (Lipinski definition) is 5. The van der Waals surface area contributed by atoms with Crippen molar-refractivity contribution in [3.63, 3.8) is 0 Å². The van der Waals surface area contributed by atoms with Crippen molar-refractivity contribution in [1.82, 2.24) is 13.6 Å². The van der Waals surface area contributed by atoms with Gasteiger partial charge in [-0.1, -0.05) is 25.3 Å². The Morgan fingerprint density at radius 2 is 1.86 bits per heavy atom. The van der Waals surface area contributed by atoms with Crippen LogP contribution in [-0.2, 0) is 23.2 Å². The predicted molar refractivity (Wildman–Crippen MR) is 142 cm³/mol. The van der Waals surface area contributed by atoms with Crippen molar-refractivity contribution in [3.05, 3.63) is 53.1 Å². The molecular weight excluding hydrogens is 476 g/mol. The second-order valence-electron chi connectivity index (χ2n) is 10.1. The van der Waals surface area contributed by atoms with Crippen LogP contribution in [0, 0.1) is 0 Å². The Bertz CT molecular complexity index is 1420. The highest BCUT2D eigenvalue weighted by Gasteiger charge is 2.31. The molecule has 192 valence electrons. The van der Waals surface area contributed by atoms with Crippen LogP contribution in [0.1, 0.15) is 59.5 Å². The number of nitrogens with one attached hydrogen (secondary N) is 1. The summed E-state index contributed by atoms with van der Waals surface area (Å²) in [5, 5.41) is 1.11. The summed E-state index contributed by atoms with van der Waals surface area (Å²) < 4.78 is 35.4. The van der Waals surface area contributed by atoms with Crippen molar-refractivity contribution in [3.8, 4) is 17.0 Å². The van der Waals surface area contributed by atoms with Gasteiger partial charge in [0.25, 0.3) is 5.91 Å². The lowest BCUT2D eigenvalue weighted by atomic mass is 9.81. The molecule has 0 spiro atoms. The summed E-state index contributed by atoms with van der Waals surface area (Å²) in [4.78, 5) is 12.9. The zero-order valence-corrected chi connectivity index (χ0v) is 21.9. The fourth-order valence-corrected chi connectivity index (χ4v) is 6.28. The van der Waals surface area contributed by atoms with E-state index in [9.17, 15) is 13.2 Å². The standard InChI is InChI=1S/C27H34N4O4S/c1-30(2)36(33,34)29-27(32)18-9-11-23-24(15-18)31-16-20(28)13-19-14-21(35-3)10-12-22(19)26(31)25(23)17-7-5-4-6-8-17/h9-12,14-15,17,20H,4-8,13,16,28H2,1-3H3,(H,29,32). The maximum Gasteiger partial charge on any atom is 0.303 e. The quantitative estimate of drug-likeness (QED) is 0.543. The van der Waals surface area contributed by atoms with Gasteiger partial charge < -0.3 is 15.0 Å². The largest absolute Gasteiger partial charge is 0.497 e. The third-order valence-corrected chi connectivity index (χ3v) is 8.95. The fourth-order valence-electron chi connectivity index (χ4n) is 5.75. The number of carbonyl (C=O) groups is 1. The summed E-state index contributed by atoms with van der Waals surface area (Å²) in [6.45, 7) is 0.608. The maximum atomic E-state index is 12.9. The third-order valence-electron chi connectivity index (χ3n) is 7.55. The molecule has 1 fully saturated rings. The Morgan fingerprint density at radius 3 is 2.56 bits per heavy atom. The van der Waals surface area contributed by atoms with E-state index in [2.05, 4.69) is 21.4 Å². The van der Waals surface area contributed by atoms with Gasteiger partial charge in [0.1, 0.15) is 5.75 Å². The Kier molecular flexibility index (Phi) is 6.57. The number of methoxy groups -OCH3 is 1.